The van der Waals surface area contributed by atoms with Crippen molar-refractivity contribution >= 4 is 0 Å². The Bertz CT molecular complexity index is 371. The molecule has 2 nitrogen and oxygen atoms in total. The van der Waals surface area contributed by atoms with Crippen LogP contribution >= 0.6 is 0 Å². The normalized spacial score (nSPS) is 23.9. The Morgan fingerprint density at radius 1 is 1.16 bits per heavy atom. The van der Waals surface area contributed by atoms with Gasteiger partial charge in [-0.05, 0) is 49.9 Å². The fraction of sp³-hybridized carbons (Fsp3) is 0.647. The van der Waals surface area contributed by atoms with E-state index in [1.54, 1.807) is 0 Å². The molecule has 2 atom stereocenters. The maximum Gasteiger partial charge on any atom is 0.0236 e. The standard InChI is InChI=1S/C17H28N2/c1-4-18-10-9-16-5-7-17(8-6-16)13-19-12-14(2)11-15(19)3/h5-8,14-15,18H,4,9-13H2,1-3H3. The zero-order valence-electron chi connectivity index (χ0n) is 12.7. The SMILES string of the molecule is CCNCCc1ccc(CN2CC(C)CC2C)cc1. The van der Waals surface area contributed by atoms with E-state index in [-0.39, 0.29) is 0 Å². The average molecular weight is 260 g/mol. The van der Waals surface area contributed by atoms with E-state index in [0.717, 1.165) is 38.0 Å². The Hall–Kier alpha value is -0.860. The van der Waals surface area contributed by atoms with Crippen molar-refractivity contribution in [3.8, 4) is 0 Å². The van der Waals surface area contributed by atoms with E-state index in [1.807, 2.05) is 0 Å². The summed E-state index contributed by atoms with van der Waals surface area (Å²) in [6, 6.07) is 9.92. The maximum atomic E-state index is 3.37. The molecule has 1 aliphatic heterocycles. The number of nitrogens with one attached hydrogen (secondary N) is 1. The lowest BCUT2D eigenvalue weighted by atomic mass is 10.1. The van der Waals surface area contributed by atoms with Gasteiger partial charge in [0.15, 0.2) is 0 Å². The van der Waals surface area contributed by atoms with Crippen molar-refractivity contribution in [1.82, 2.24) is 10.2 Å². The second-order valence-electron chi connectivity index (χ2n) is 6.04. The van der Waals surface area contributed by atoms with Crippen LogP contribution in [0.3, 0.4) is 0 Å². The molecule has 1 fully saturated rings. The number of rotatable bonds is 6. The molecule has 1 heterocycles. The highest BCUT2D eigenvalue weighted by atomic mass is 15.2. The molecule has 19 heavy (non-hydrogen) atoms. The Balaban J connectivity index is 1.84. The van der Waals surface area contributed by atoms with Crippen LogP contribution in [-0.4, -0.2) is 30.6 Å². The van der Waals surface area contributed by atoms with Gasteiger partial charge in [-0.2, -0.15) is 0 Å². The van der Waals surface area contributed by atoms with Crippen molar-refractivity contribution in [2.24, 2.45) is 5.92 Å². The van der Waals surface area contributed by atoms with Crippen molar-refractivity contribution in [3.63, 3.8) is 0 Å². The number of hydrogen-bond donors (Lipinski definition) is 1. The first-order chi connectivity index (χ1) is 9.19. The minimum absolute atomic E-state index is 0.739. The number of hydrogen-bond acceptors (Lipinski definition) is 2. The van der Waals surface area contributed by atoms with Crippen LogP contribution < -0.4 is 5.32 Å². The first-order valence-electron chi connectivity index (χ1n) is 7.71. The summed E-state index contributed by atoms with van der Waals surface area (Å²) in [6.07, 6.45) is 2.48. The molecule has 0 radical (unpaired) electrons. The molecule has 0 aliphatic carbocycles. The van der Waals surface area contributed by atoms with Crippen molar-refractivity contribution in [2.75, 3.05) is 19.6 Å². The van der Waals surface area contributed by atoms with Gasteiger partial charge in [0, 0.05) is 19.1 Å². The molecule has 2 unspecified atom stereocenters. The summed E-state index contributed by atoms with van der Waals surface area (Å²) in [5.74, 6) is 0.856. The molecule has 0 amide bonds. The van der Waals surface area contributed by atoms with Crippen LogP contribution in [0.5, 0.6) is 0 Å². The third kappa shape index (κ3) is 4.32. The molecular formula is C17H28N2. The van der Waals surface area contributed by atoms with Gasteiger partial charge in [0.2, 0.25) is 0 Å². The van der Waals surface area contributed by atoms with Gasteiger partial charge in [0.05, 0.1) is 0 Å². The smallest absolute Gasteiger partial charge is 0.0236 e. The minimum atomic E-state index is 0.739. The fourth-order valence-electron chi connectivity index (χ4n) is 3.06. The minimum Gasteiger partial charge on any atom is -0.317 e. The Morgan fingerprint density at radius 2 is 1.84 bits per heavy atom. The van der Waals surface area contributed by atoms with E-state index in [9.17, 15) is 0 Å². The summed E-state index contributed by atoms with van der Waals surface area (Å²) in [4.78, 5) is 2.61. The zero-order valence-corrected chi connectivity index (χ0v) is 12.7. The van der Waals surface area contributed by atoms with Crippen molar-refractivity contribution < 1.29 is 0 Å². The first kappa shape index (κ1) is 14.5. The van der Waals surface area contributed by atoms with E-state index in [0.29, 0.717) is 0 Å². The summed E-state index contributed by atoms with van der Waals surface area (Å²) < 4.78 is 0. The van der Waals surface area contributed by atoms with Gasteiger partial charge in [-0.25, -0.2) is 0 Å². The molecule has 2 rings (SSSR count). The summed E-state index contributed by atoms with van der Waals surface area (Å²) in [5.41, 5.74) is 2.89. The van der Waals surface area contributed by atoms with Gasteiger partial charge in [-0.3, -0.25) is 4.90 Å². The largest absolute Gasteiger partial charge is 0.317 e. The van der Waals surface area contributed by atoms with Gasteiger partial charge in [0.25, 0.3) is 0 Å². The van der Waals surface area contributed by atoms with Gasteiger partial charge < -0.3 is 5.32 Å². The van der Waals surface area contributed by atoms with E-state index in [4.69, 9.17) is 0 Å². The highest BCUT2D eigenvalue weighted by molar-refractivity contribution is 5.23. The first-order valence-corrected chi connectivity index (χ1v) is 7.71. The van der Waals surface area contributed by atoms with Crippen LogP contribution in [0.2, 0.25) is 0 Å². The molecule has 1 N–H and O–H groups in total. The van der Waals surface area contributed by atoms with Crippen molar-refractivity contribution in [1.29, 1.82) is 0 Å². The fourth-order valence-corrected chi connectivity index (χ4v) is 3.06. The molecule has 0 saturated carbocycles. The third-order valence-corrected chi connectivity index (χ3v) is 4.16. The Labute approximate surface area is 118 Å². The molecule has 1 saturated heterocycles. The number of likely N-dealkylation sites (N-methyl/N-ethyl adjacent to an activating group) is 1. The molecule has 0 aromatic heterocycles. The van der Waals surface area contributed by atoms with Crippen LogP contribution in [0.4, 0.5) is 0 Å². The molecule has 1 aromatic carbocycles. The van der Waals surface area contributed by atoms with E-state index >= 15 is 0 Å². The molecule has 2 heteroatoms. The summed E-state index contributed by atoms with van der Waals surface area (Å²) in [6.45, 7) is 11.4. The Morgan fingerprint density at radius 3 is 2.42 bits per heavy atom. The third-order valence-electron chi connectivity index (χ3n) is 4.16. The summed E-state index contributed by atoms with van der Waals surface area (Å²) >= 11 is 0. The summed E-state index contributed by atoms with van der Waals surface area (Å²) in [7, 11) is 0. The molecule has 0 bridgehead atoms. The van der Waals surface area contributed by atoms with E-state index in [2.05, 4.69) is 55.3 Å². The van der Waals surface area contributed by atoms with Crippen LogP contribution in [0, 0.1) is 5.92 Å². The average Bonchev–Trinajstić information content (AvgIpc) is 2.70. The lowest BCUT2D eigenvalue weighted by Gasteiger charge is -2.21. The highest BCUT2D eigenvalue weighted by Gasteiger charge is 2.25. The Kier molecular flexibility index (Phi) is 5.41. The zero-order chi connectivity index (χ0) is 13.7. The van der Waals surface area contributed by atoms with Gasteiger partial charge in [-0.1, -0.05) is 38.1 Å². The highest BCUT2D eigenvalue weighted by Crippen LogP contribution is 2.24. The monoisotopic (exact) mass is 260 g/mol. The number of nitrogens with zero attached hydrogens (tertiary/aromatic N) is 1. The molecular weight excluding hydrogens is 232 g/mol. The number of benzene rings is 1. The second kappa shape index (κ2) is 7.06. The molecule has 1 aliphatic rings. The van der Waals surface area contributed by atoms with Crippen LogP contribution in [0.15, 0.2) is 24.3 Å². The van der Waals surface area contributed by atoms with Crippen LogP contribution in [0.25, 0.3) is 0 Å². The maximum absolute atomic E-state index is 3.37. The summed E-state index contributed by atoms with van der Waals surface area (Å²) in [5, 5.41) is 3.37. The van der Waals surface area contributed by atoms with Crippen molar-refractivity contribution in [2.45, 2.75) is 46.2 Å². The van der Waals surface area contributed by atoms with E-state index in [1.165, 1.54) is 24.1 Å². The van der Waals surface area contributed by atoms with E-state index < -0.39 is 0 Å². The van der Waals surface area contributed by atoms with Gasteiger partial charge >= 0.3 is 0 Å². The lowest BCUT2D eigenvalue weighted by Crippen LogP contribution is -2.26. The number of likely N-dealkylation sites (tertiary alicyclic amines) is 1. The molecule has 1 aromatic rings. The molecule has 0 spiro atoms. The van der Waals surface area contributed by atoms with Crippen LogP contribution in [-0.2, 0) is 13.0 Å². The topological polar surface area (TPSA) is 15.3 Å². The van der Waals surface area contributed by atoms with Gasteiger partial charge in [0.1, 0.15) is 0 Å². The predicted octanol–water partition coefficient (Wildman–Crippen LogP) is 3.07. The second-order valence-corrected chi connectivity index (χ2v) is 6.04. The lowest BCUT2D eigenvalue weighted by molar-refractivity contribution is 0.256. The van der Waals surface area contributed by atoms with Gasteiger partial charge in [-0.15, -0.1) is 0 Å². The predicted molar refractivity (Wildman–Crippen MR) is 82.3 cm³/mol. The molecule has 106 valence electrons. The van der Waals surface area contributed by atoms with Crippen LogP contribution in [0.1, 0.15) is 38.3 Å². The van der Waals surface area contributed by atoms with Crippen molar-refractivity contribution in [3.05, 3.63) is 35.4 Å². The quantitative estimate of drug-likeness (QED) is 0.791.